The van der Waals surface area contributed by atoms with Gasteiger partial charge in [-0.2, -0.15) is 0 Å². The second-order valence-corrected chi connectivity index (χ2v) is 5.93. The van der Waals surface area contributed by atoms with Crippen LogP contribution in [0.5, 0.6) is 0 Å². The van der Waals surface area contributed by atoms with Gasteiger partial charge in [-0.05, 0) is 30.3 Å². The van der Waals surface area contributed by atoms with Crippen LogP contribution in [0.25, 0.3) is 0 Å². The van der Waals surface area contributed by atoms with Gasteiger partial charge in [-0.25, -0.2) is 4.98 Å². The number of aromatic nitrogens is 1. The molecular formula is C17H17ClN4O2. The van der Waals surface area contributed by atoms with Crippen molar-refractivity contribution in [3.05, 3.63) is 53.2 Å². The molecular weight excluding hydrogens is 328 g/mol. The number of pyridine rings is 1. The van der Waals surface area contributed by atoms with Gasteiger partial charge in [-0.3, -0.25) is 9.59 Å². The lowest BCUT2D eigenvalue weighted by Gasteiger charge is -2.33. The van der Waals surface area contributed by atoms with Crippen molar-refractivity contribution >= 4 is 35.4 Å². The van der Waals surface area contributed by atoms with Gasteiger partial charge in [0.2, 0.25) is 6.41 Å². The van der Waals surface area contributed by atoms with Crippen molar-refractivity contribution in [2.75, 3.05) is 36.4 Å². The number of nitrogens with one attached hydrogen (secondary N) is 1. The molecule has 0 saturated carbocycles. The van der Waals surface area contributed by atoms with Crippen LogP contribution < -0.4 is 10.2 Å². The van der Waals surface area contributed by atoms with Crippen LogP contribution >= 0.6 is 11.6 Å². The summed E-state index contributed by atoms with van der Waals surface area (Å²) in [5.41, 5.74) is 1.12. The number of halogens is 1. The van der Waals surface area contributed by atoms with Crippen molar-refractivity contribution < 1.29 is 9.59 Å². The van der Waals surface area contributed by atoms with E-state index in [0.717, 1.165) is 25.3 Å². The normalized spacial score (nSPS) is 14.4. The van der Waals surface area contributed by atoms with Gasteiger partial charge in [0.25, 0.3) is 5.91 Å². The molecule has 2 amide bonds. The van der Waals surface area contributed by atoms with E-state index in [9.17, 15) is 9.59 Å². The zero-order chi connectivity index (χ0) is 16.9. The lowest BCUT2D eigenvalue weighted by atomic mass is 10.2. The monoisotopic (exact) mass is 344 g/mol. The minimum absolute atomic E-state index is 0.230. The van der Waals surface area contributed by atoms with E-state index >= 15 is 0 Å². The minimum Gasteiger partial charge on any atom is -0.353 e. The second-order valence-electron chi connectivity index (χ2n) is 5.50. The molecule has 6 nitrogen and oxygen atoms in total. The summed E-state index contributed by atoms with van der Waals surface area (Å²) in [5.74, 6) is 0.605. The fourth-order valence-corrected chi connectivity index (χ4v) is 2.73. The van der Waals surface area contributed by atoms with Crippen LogP contribution in [0.4, 0.5) is 11.5 Å². The van der Waals surface area contributed by atoms with Crippen LogP contribution in [0.3, 0.4) is 0 Å². The zero-order valence-electron chi connectivity index (χ0n) is 13.0. The van der Waals surface area contributed by atoms with E-state index in [1.165, 1.54) is 0 Å². The van der Waals surface area contributed by atoms with Crippen molar-refractivity contribution in [3.63, 3.8) is 0 Å². The molecule has 0 unspecified atom stereocenters. The molecule has 0 bridgehead atoms. The number of nitrogens with zero attached hydrogens (tertiary/aromatic N) is 3. The van der Waals surface area contributed by atoms with Gasteiger partial charge in [0, 0.05) is 36.8 Å². The lowest BCUT2D eigenvalue weighted by molar-refractivity contribution is -0.118. The quantitative estimate of drug-likeness (QED) is 0.864. The Kier molecular flexibility index (Phi) is 4.96. The maximum absolute atomic E-state index is 12.2. The molecule has 1 aliphatic heterocycles. The second kappa shape index (κ2) is 7.31. The number of carbonyl (C=O) groups is 2. The molecule has 1 aromatic carbocycles. The molecule has 1 N–H and O–H groups in total. The molecule has 0 radical (unpaired) electrons. The number of benzene rings is 1. The molecule has 1 aliphatic rings. The molecule has 0 spiro atoms. The predicted octanol–water partition coefficient (Wildman–Crippen LogP) is 2.27. The van der Waals surface area contributed by atoms with E-state index in [0.29, 0.717) is 29.4 Å². The number of rotatable bonds is 4. The van der Waals surface area contributed by atoms with Gasteiger partial charge >= 0.3 is 0 Å². The number of piperazine rings is 1. The molecule has 1 saturated heterocycles. The third kappa shape index (κ3) is 3.83. The number of hydrogen-bond acceptors (Lipinski definition) is 4. The lowest BCUT2D eigenvalue weighted by Crippen LogP contribution is -2.46. The Balaban J connectivity index is 1.62. The Morgan fingerprint density at radius 2 is 1.96 bits per heavy atom. The fraction of sp³-hybridized carbons (Fsp3) is 0.235. The maximum atomic E-state index is 12.2. The molecule has 7 heteroatoms. The van der Waals surface area contributed by atoms with Gasteiger partial charge < -0.3 is 15.1 Å². The van der Waals surface area contributed by atoms with E-state index in [4.69, 9.17) is 11.6 Å². The van der Waals surface area contributed by atoms with E-state index < -0.39 is 0 Å². The standard InChI is InChI=1S/C17H17ClN4O2/c18-14-3-1-2-13(10-14)17(24)20-15-4-5-16(19-11-15)22-8-6-21(12-23)7-9-22/h1-5,10-12H,6-9H2,(H,20,24). The fourth-order valence-electron chi connectivity index (χ4n) is 2.54. The minimum atomic E-state index is -0.230. The van der Waals surface area contributed by atoms with Gasteiger partial charge in [0.15, 0.2) is 0 Å². The van der Waals surface area contributed by atoms with Gasteiger partial charge in [0.1, 0.15) is 5.82 Å². The first kappa shape index (κ1) is 16.3. The van der Waals surface area contributed by atoms with E-state index in [2.05, 4.69) is 15.2 Å². The summed E-state index contributed by atoms with van der Waals surface area (Å²) in [5, 5.41) is 3.32. The molecule has 3 rings (SSSR count). The van der Waals surface area contributed by atoms with Gasteiger partial charge in [-0.1, -0.05) is 17.7 Å². The van der Waals surface area contributed by atoms with Crippen molar-refractivity contribution in [3.8, 4) is 0 Å². The highest BCUT2D eigenvalue weighted by Gasteiger charge is 2.16. The van der Waals surface area contributed by atoms with E-state index in [-0.39, 0.29) is 5.91 Å². The number of hydrogen-bond donors (Lipinski definition) is 1. The maximum Gasteiger partial charge on any atom is 0.255 e. The SMILES string of the molecule is O=CN1CCN(c2ccc(NC(=O)c3cccc(Cl)c3)cn2)CC1. The number of anilines is 2. The molecule has 1 aromatic heterocycles. The van der Waals surface area contributed by atoms with Crippen molar-refractivity contribution in [2.24, 2.45) is 0 Å². The molecule has 0 atom stereocenters. The van der Waals surface area contributed by atoms with E-state index in [1.54, 1.807) is 35.4 Å². The molecule has 124 valence electrons. The first-order valence-corrected chi connectivity index (χ1v) is 8.01. The summed E-state index contributed by atoms with van der Waals surface area (Å²) in [6.07, 6.45) is 2.50. The van der Waals surface area contributed by atoms with Crippen LogP contribution in [-0.4, -0.2) is 48.4 Å². The van der Waals surface area contributed by atoms with Crippen LogP contribution in [0.1, 0.15) is 10.4 Å². The summed E-state index contributed by atoms with van der Waals surface area (Å²) in [6.45, 7) is 2.89. The number of carbonyl (C=O) groups excluding carboxylic acids is 2. The van der Waals surface area contributed by atoms with Crippen molar-refractivity contribution in [1.82, 2.24) is 9.88 Å². The highest BCUT2D eigenvalue weighted by Crippen LogP contribution is 2.17. The van der Waals surface area contributed by atoms with Crippen molar-refractivity contribution in [2.45, 2.75) is 0 Å². The summed E-state index contributed by atoms with van der Waals surface area (Å²) in [6, 6.07) is 10.5. The Bertz CT molecular complexity index is 728. The molecule has 1 fully saturated rings. The van der Waals surface area contributed by atoms with Crippen molar-refractivity contribution in [1.29, 1.82) is 0 Å². The third-order valence-electron chi connectivity index (χ3n) is 3.88. The molecule has 0 aliphatic carbocycles. The Morgan fingerprint density at radius 3 is 2.58 bits per heavy atom. The third-order valence-corrected chi connectivity index (χ3v) is 4.11. The number of amides is 2. The summed E-state index contributed by atoms with van der Waals surface area (Å²) >= 11 is 5.90. The molecule has 2 aromatic rings. The highest BCUT2D eigenvalue weighted by atomic mass is 35.5. The highest BCUT2D eigenvalue weighted by molar-refractivity contribution is 6.31. The van der Waals surface area contributed by atoms with Crippen LogP contribution in [0, 0.1) is 0 Å². The Morgan fingerprint density at radius 1 is 1.17 bits per heavy atom. The van der Waals surface area contributed by atoms with Crippen LogP contribution in [0.15, 0.2) is 42.6 Å². The average Bonchev–Trinajstić information content (AvgIpc) is 2.62. The molecule has 24 heavy (non-hydrogen) atoms. The first-order chi connectivity index (χ1) is 11.7. The largest absolute Gasteiger partial charge is 0.353 e. The van der Waals surface area contributed by atoms with Crippen LogP contribution in [-0.2, 0) is 4.79 Å². The zero-order valence-corrected chi connectivity index (χ0v) is 13.7. The molecule has 2 heterocycles. The van der Waals surface area contributed by atoms with E-state index in [1.807, 2.05) is 12.1 Å². The summed E-state index contributed by atoms with van der Waals surface area (Å²) in [4.78, 5) is 31.2. The average molecular weight is 345 g/mol. The summed E-state index contributed by atoms with van der Waals surface area (Å²) in [7, 11) is 0. The Hall–Kier alpha value is -2.60. The first-order valence-electron chi connectivity index (χ1n) is 7.63. The smallest absolute Gasteiger partial charge is 0.255 e. The predicted molar refractivity (Wildman–Crippen MR) is 93.5 cm³/mol. The summed E-state index contributed by atoms with van der Waals surface area (Å²) < 4.78 is 0. The Labute approximate surface area is 145 Å². The topological polar surface area (TPSA) is 65.5 Å². The van der Waals surface area contributed by atoms with Gasteiger partial charge in [0.05, 0.1) is 11.9 Å². The van der Waals surface area contributed by atoms with Crippen LogP contribution in [0.2, 0.25) is 5.02 Å². The van der Waals surface area contributed by atoms with Gasteiger partial charge in [-0.15, -0.1) is 0 Å².